The smallest absolute Gasteiger partial charge is 0.407 e. The van der Waals surface area contributed by atoms with Crippen LogP contribution in [0.25, 0.3) is 0 Å². The summed E-state index contributed by atoms with van der Waals surface area (Å²) >= 11 is 0. The lowest BCUT2D eigenvalue weighted by Gasteiger charge is -2.36. The lowest BCUT2D eigenvalue weighted by atomic mass is 9.90. The van der Waals surface area contributed by atoms with Gasteiger partial charge in [0.25, 0.3) is 0 Å². The first kappa shape index (κ1) is 15.8. The van der Waals surface area contributed by atoms with Gasteiger partial charge in [0.15, 0.2) is 0 Å². The number of nitrogens with zero attached hydrogens (tertiary/aromatic N) is 2. The van der Waals surface area contributed by atoms with E-state index >= 15 is 0 Å². The zero-order valence-corrected chi connectivity index (χ0v) is 12.0. The number of hydrogen-bond donors (Lipinski definition) is 1. The summed E-state index contributed by atoms with van der Waals surface area (Å²) in [7, 11) is 0. The van der Waals surface area contributed by atoms with Crippen LogP contribution in [0.5, 0.6) is 0 Å². The molecule has 5 heteroatoms. The first-order valence-corrected chi connectivity index (χ1v) is 7.22. The molecule has 2 unspecified atom stereocenters. The largest absolute Gasteiger partial charge is 0.450 e. The summed E-state index contributed by atoms with van der Waals surface area (Å²) in [6.07, 6.45) is 4.20. The van der Waals surface area contributed by atoms with Crippen molar-refractivity contribution >= 4 is 6.09 Å². The van der Waals surface area contributed by atoms with Crippen molar-refractivity contribution in [1.29, 1.82) is 5.26 Å². The molecule has 0 aliphatic carbocycles. The molecular formula is C14H25N3O2. The summed E-state index contributed by atoms with van der Waals surface area (Å²) in [4.78, 5) is 13.6. The van der Waals surface area contributed by atoms with Crippen molar-refractivity contribution in [2.75, 3.05) is 26.2 Å². The minimum Gasteiger partial charge on any atom is -0.450 e. The van der Waals surface area contributed by atoms with Crippen molar-refractivity contribution in [3.8, 4) is 6.07 Å². The highest BCUT2D eigenvalue weighted by atomic mass is 16.5. The topological polar surface area (TPSA) is 65.4 Å². The third kappa shape index (κ3) is 5.93. The Morgan fingerprint density at radius 3 is 2.89 bits per heavy atom. The van der Waals surface area contributed by atoms with Crippen molar-refractivity contribution in [2.24, 2.45) is 5.92 Å². The molecule has 1 saturated heterocycles. The fourth-order valence-electron chi connectivity index (χ4n) is 2.68. The van der Waals surface area contributed by atoms with Crippen molar-refractivity contribution in [2.45, 2.75) is 45.6 Å². The van der Waals surface area contributed by atoms with Crippen molar-refractivity contribution < 1.29 is 9.53 Å². The van der Waals surface area contributed by atoms with Gasteiger partial charge in [-0.2, -0.15) is 5.26 Å². The van der Waals surface area contributed by atoms with E-state index in [0.717, 1.165) is 19.5 Å². The number of unbranched alkanes of at least 4 members (excludes halogenated alkanes) is 1. The number of carbonyl (C=O) groups excluding carboxylic acids is 1. The van der Waals surface area contributed by atoms with Gasteiger partial charge < -0.3 is 10.1 Å². The number of nitrogens with one attached hydrogen (secondary N) is 1. The molecule has 0 aromatic rings. The van der Waals surface area contributed by atoms with Gasteiger partial charge in [-0.3, -0.25) is 4.90 Å². The SMILES string of the molecule is CCCCC1CC(NC(=O)OCC)CN(CC#N)C1. The van der Waals surface area contributed by atoms with Crippen LogP contribution >= 0.6 is 0 Å². The Morgan fingerprint density at radius 2 is 2.26 bits per heavy atom. The average molecular weight is 267 g/mol. The van der Waals surface area contributed by atoms with Crippen LogP contribution in [0.1, 0.15) is 39.5 Å². The molecule has 0 radical (unpaired) electrons. The third-order valence-corrected chi connectivity index (χ3v) is 3.47. The second-order valence-corrected chi connectivity index (χ2v) is 5.16. The molecule has 1 N–H and O–H groups in total. The molecule has 108 valence electrons. The molecule has 1 heterocycles. The van der Waals surface area contributed by atoms with Crippen LogP contribution in [0.15, 0.2) is 0 Å². The minimum atomic E-state index is -0.347. The fourth-order valence-corrected chi connectivity index (χ4v) is 2.68. The monoisotopic (exact) mass is 267 g/mol. The number of hydrogen-bond acceptors (Lipinski definition) is 4. The summed E-state index contributed by atoms with van der Waals surface area (Å²) in [6.45, 7) is 6.52. The number of nitriles is 1. The standard InChI is InChI=1S/C14H25N3O2/c1-3-5-6-12-9-13(16-14(18)19-4-2)11-17(10-12)8-7-15/h12-13H,3-6,8-11H2,1-2H3,(H,16,18). The molecule has 5 nitrogen and oxygen atoms in total. The Hall–Kier alpha value is -1.28. The van der Waals surface area contributed by atoms with Crippen molar-refractivity contribution in [3.63, 3.8) is 0 Å². The molecule has 1 rings (SSSR count). The van der Waals surface area contributed by atoms with Gasteiger partial charge in [0.1, 0.15) is 0 Å². The molecule has 0 aromatic carbocycles. The Kier molecular flexibility index (Phi) is 7.27. The highest BCUT2D eigenvalue weighted by molar-refractivity contribution is 5.67. The lowest BCUT2D eigenvalue weighted by Crippen LogP contribution is -2.51. The number of piperidine rings is 1. The van der Waals surface area contributed by atoms with E-state index in [2.05, 4.69) is 23.2 Å². The van der Waals surface area contributed by atoms with E-state index < -0.39 is 0 Å². The van der Waals surface area contributed by atoms with Crippen LogP contribution in [-0.2, 0) is 4.74 Å². The average Bonchev–Trinajstić information content (AvgIpc) is 2.36. The molecular weight excluding hydrogens is 242 g/mol. The van der Waals surface area contributed by atoms with Gasteiger partial charge in [0, 0.05) is 19.1 Å². The van der Waals surface area contributed by atoms with E-state index in [0.29, 0.717) is 19.1 Å². The van der Waals surface area contributed by atoms with Crippen LogP contribution in [0.4, 0.5) is 4.79 Å². The highest BCUT2D eigenvalue weighted by Crippen LogP contribution is 2.22. The van der Waals surface area contributed by atoms with E-state index in [1.807, 2.05) is 0 Å². The number of ether oxygens (including phenoxy) is 1. The van der Waals surface area contributed by atoms with E-state index in [-0.39, 0.29) is 12.1 Å². The van der Waals surface area contributed by atoms with Crippen LogP contribution in [0.2, 0.25) is 0 Å². The van der Waals surface area contributed by atoms with Gasteiger partial charge in [0.2, 0.25) is 0 Å². The first-order chi connectivity index (χ1) is 9.19. The molecule has 0 saturated carbocycles. The van der Waals surface area contributed by atoms with Gasteiger partial charge in [-0.05, 0) is 25.7 Å². The Balaban J connectivity index is 2.49. The van der Waals surface area contributed by atoms with Gasteiger partial charge in [-0.25, -0.2) is 4.79 Å². The van der Waals surface area contributed by atoms with E-state index in [1.165, 1.54) is 19.3 Å². The molecule has 19 heavy (non-hydrogen) atoms. The summed E-state index contributed by atoms with van der Waals surface area (Å²) in [5, 5.41) is 11.7. The van der Waals surface area contributed by atoms with Crippen LogP contribution in [0.3, 0.4) is 0 Å². The normalized spacial score (nSPS) is 23.6. The summed E-state index contributed by atoms with van der Waals surface area (Å²) in [6, 6.07) is 2.30. The van der Waals surface area contributed by atoms with Gasteiger partial charge in [-0.15, -0.1) is 0 Å². The first-order valence-electron chi connectivity index (χ1n) is 7.22. The minimum absolute atomic E-state index is 0.100. The lowest BCUT2D eigenvalue weighted by molar-refractivity contribution is 0.120. The third-order valence-electron chi connectivity index (χ3n) is 3.47. The number of rotatable bonds is 6. The Bertz CT molecular complexity index is 314. The highest BCUT2D eigenvalue weighted by Gasteiger charge is 2.27. The maximum absolute atomic E-state index is 11.5. The van der Waals surface area contributed by atoms with Crippen LogP contribution in [0, 0.1) is 17.2 Å². The molecule has 0 bridgehead atoms. The zero-order chi connectivity index (χ0) is 14.1. The Labute approximate surface area is 115 Å². The van der Waals surface area contributed by atoms with E-state index in [9.17, 15) is 4.79 Å². The zero-order valence-electron chi connectivity index (χ0n) is 12.0. The number of carbonyl (C=O) groups is 1. The van der Waals surface area contributed by atoms with Crippen LogP contribution in [-0.4, -0.2) is 43.3 Å². The number of likely N-dealkylation sites (tertiary alicyclic amines) is 1. The maximum atomic E-state index is 11.5. The van der Waals surface area contributed by atoms with Crippen molar-refractivity contribution in [1.82, 2.24) is 10.2 Å². The van der Waals surface area contributed by atoms with E-state index in [4.69, 9.17) is 10.00 Å². The molecule has 1 aliphatic heterocycles. The van der Waals surface area contributed by atoms with Gasteiger partial charge >= 0.3 is 6.09 Å². The second kappa shape index (κ2) is 8.76. The molecule has 1 fully saturated rings. The van der Waals surface area contributed by atoms with Crippen molar-refractivity contribution in [3.05, 3.63) is 0 Å². The molecule has 1 amide bonds. The molecule has 0 spiro atoms. The summed E-state index contributed by atoms with van der Waals surface area (Å²) in [5.74, 6) is 0.564. The predicted octanol–water partition coefficient (Wildman–Crippen LogP) is 2.14. The molecule has 2 atom stereocenters. The number of amides is 1. The van der Waals surface area contributed by atoms with Crippen LogP contribution < -0.4 is 5.32 Å². The molecule has 1 aliphatic rings. The van der Waals surface area contributed by atoms with Gasteiger partial charge in [0.05, 0.1) is 19.2 Å². The maximum Gasteiger partial charge on any atom is 0.407 e. The number of alkyl carbamates (subject to hydrolysis) is 1. The fraction of sp³-hybridized carbons (Fsp3) is 0.857. The summed E-state index contributed by atoms with van der Waals surface area (Å²) in [5.41, 5.74) is 0. The second-order valence-electron chi connectivity index (χ2n) is 5.16. The summed E-state index contributed by atoms with van der Waals surface area (Å²) < 4.78 is 4.92. The van der Waals surface area contributed by atoms with E-state index in [1.54, 1.807) is 6.92 Å². The van der Waals surface area contributed by atoms with Gasteiger partial charge in [-0.1, -0.05) is 19.8 Å². The molecule has 0 aromatic heterocycles. The predicted molar refractivity (Wildman–Crippen MR) is 73.6 cm³/mol. The quantitative estimate of drug-likeness (QED) is 0.749. The Morgan fingerprint density at radius 1 is 1.47 bits per heavy atom.